The number of para-hydroxylation sites is 1. The number of nitrogens with two attached hydrogens (primary N) is 1. The molecule has 0 aliphatic heterocycles. The predicted octanol–water partition coefficient (Wildman–Crippen LogP) is 2.72. The minimum Gasteiger partial charge on any atom is -0.361 e. The van der Waals surface area contributed by atoms with Gasteiger partial charge in [0.1, 0.15) is 0 Å². The highest BCUT2D eigenvalue weighted by atomic mass is 35.5. The van der Waals surface area contributed by atoms with Crippen molar-refractivity contribution in [3.8, 4) is 0 Å². The number of aromatic nitrogens is 1. The Morgan fingerprint density at radius 1 is 1.41 bits per heavy atom. The molecule has 0 radical (unpaired) electrons. The van der Waals surface area contributed by atoms with Crippen molar-refractivity contribution in [1.82, 2.24) is 9.88 Å². The molecule has 5 heteroatoms. The fourth-order valence-electron chi connectivity index (χ4n) is 2.80. The maximum absolute atomic E-state index is 12.3. The van der Waals surface area contributed by atoms with Gasteiger partial charge in [-0.3, -0.25) is 4.79 Å². The number of carbonyl (C=O) groups excluding carboxylic acids is 1. The van der Waals surface area contributed by atoms with Crippen molar-refractivity contribution < 1.29 is 4.79 Å². The lowest BCUT2D eigenvalue weighted by molar-refractivity contribution is -0.131. The van der Waals surface area contributed by atoms with Crippen LogP contribution in [0.3, 0.4) is 0 Å². The second kappa shape index (κ2) is 7.16. The van der Waals surface area contributed by atoms with Crippen molar-refractivity contribution in [2.45, 2.75) is 31.7 Å². The number of halogens is 1. The van der Waals surface area contributed by atoms with E-state index in [2.05, 4.69) is 11.1 Å². The molecular formula is C17H24ClN3O. The van der Waals surface area contributed by atoms with Gasteiger partial charge in [-0.2, -0.15) is 0 Å². The second-order valence-corrected chi connectivity index (χ2v) is 6.16. The molecule has 1 heterocycles. The van der Waals surface area contributed by atoms with Crippen LogP contribution in [0.25, 0.3) is 10.9 Å². The summed E-state index contributed by atoms with van der Waals surface area (Å²) >= 11 is 0. The monoisotopic (exact) mass is 321 g/mol. The molecule has 1 aromatic carbocycles. The average molecular weight is 322 g/mol. The molecule has 3 N–H and O–H groups in total. The van der Waals surface area contributed by atoms with Crippen LogP contribution in [0.5, 0.6) is 0 Å². The summed E-state index contributed by atoms with van der Waals surface area (Å²) in [5.41, 5.74) is 8.32. The summed E-state index contributed by atoms with van der Waals surface area (Å²) in [4.78, 5) is 17.3. The number of nitrogens with one attached hydrogen (secondary N) is 1. The van der Waals surface area contributed by atoms with Gasteiger partial charge in [-0.25, -0.2) is 0 Å². The van der Waals surface area contributed by atoms with Crippen molar-refractivity contribution >= 4 is 29.2 Å². The lowest BCUT2D eigenvalue weighted by Gasteiger charge is -2.21. The van der Waals surface area contributed by atoms with Gasteiger partial charge in [-0.15, -0.1) is 12.4 Å². The summed E-state index contributed by atoms with van der Waals surface area (Å²) in [6.07, 6.45) is 6.30. The molecule has 22 heavy (non-hydrogen) atoms. The molecule has 1 fully saturated rings. The predicted molar refractivity (Wildman–Crippen MR) is 92.2 cm³/mol. The summed E-state index contributed by atoms with van der Waals surface area (Å²) in [6.45, 7) is 0.824. The lowest BCUT2D eigenvalue weighted by atomic mass is 10.0. The van der Waals surface area contributed by atoms with E-state index >= 15 is 0 Å². The number of rotatable bonds is 6. The van der Waals surface area contributed by atoms with Crippen LogP contribution in [0.4, 0.5) is 0 Å². The molecular weight excluding hydrogens is 298 g/mol. The zero-order valence-electron chi connectivity index (χ0n) is 12.9. The summed E-state index contributed by atoms with van der Waals surface area (Å²) in [5.74, 6) is 0.881. The van der Waals surface area contributed by atoms with E-state index in [1.165, 1.54) is 12.8 Å². The Hall–Kier alpha value is -1.52. The van der Waals surface area contributed by atoms with Crippen molar-refractivity contribution in [3.63, 3.8) is 0 Å². The topological polar surface area (TPSA) is 62.1 Å². The Bertz CT molecular complexity index is 636. The van der Waals surface area contributed by atoms with Gasteiger partial charge in [0, 0.05) is 30.7 Å². The number of amides is 1. The third-order valence-electron chi connectivity index (χ3n) is 4.38. The lowest BCUT2D eigenvalue weighted by Crippen LogP contribution is -2.43. The molecule has 120 valence electrons. The maximum Gasteiger partial charge on any atom is 0.239 e. The second-order valence-electron chi connectivity index (χ2n) is 6.16. The normalized spacial score (nSPS) is 15.4. The highest BCUT2D eigenvalue weighted by molar-refractivity contribution is 5.86. The Labute approximate surface area is 137 Å². The van der Waals surface area contributed by atoms with Crippen LogP contribution in [0.2, 0.25) is 0 Å². The molecule has 1 saturated carbocycles. The number of hydrogen-bond acceptors (Lipinski definition) is 2. The first-order chi connectivity index (χ1) is 10.1. The number of carbonyl (C=O) groups is 1. The Morgan fingerprint density at radius 3 is 2.86 bits per heavy atom. The van der Waals surface area contributed by atoms with Crippen molar-refractivity contribution in [3.05, 3.63) is 36.0 Å². The number of nitrogens with zero attached hydrogens (tertiary/aromatic N) is 1. The van der Waals surface area contributed by atoms with E-state index in [9.17, 15) is 4.79 Å². The zero-order chi connectivity index (χ0) is 14.8. The molecule has 1 atom stereocenters. The van der Waals surface area contributed by atoms with Crippen LogP contribution in [0.1, 0.15) is 24.8 Å². The standard InChI is InChI=1S/C17H23N3O.ClH/c1-20(9-8-12-6-7-12)17(21)15(18)10-13-11-19-16-5-3-2-4-14(13)16;/h2-5,11-12,15,19H,6-10,18H2,1H3;1H/t15-;/m0./s1. The van der Waals surface area contributed by atoms with Gasteiger partial charge in [-0.1, -0.05) is 31.0 Å². The number of aromatic amines is 1. The molecule has 1 amide bonds. The molecule has 0 spiro atoms. The molecule has 2 aromatic rings. The van der Waals surface area contributed by atoms with Gasteiger partial charge in [0.05, 0.1) is 6.04 Å². The fraction of sp³-hybridized carbons (Fsp3) is 0.471. The summed E-state index contributed by atoms with van der Waals surface area (Å²) < 4.78 is 0. The van der Waals surface area contributed by atoms with Gasteiger partial charge in [0.25, 0.3) is 0 Å². The van der Waals surface area contributed by atoms with Crippen molar-refractivity contribution in [1.29, 1.82) is 0 Å². The third kappa shape index (κ3) is 3.81. The van der Waals surface area contributed by atoms with Gasteiger partial charge in [0.2, 0.25) is 5.91 Å². The van der Waals surface area contributed by atoms with Crippen LogP contribution in [0, 0.1) is 5.92 Å². The zero-order valence-corrected chi connectivity index (χ0v) is 13.7. The molecule has 1 aliphatic carbocycles. The Morgan fingerprint density at radius 2 is 2.14 bits per heavy atom. The molecule has 1 aromatic heterocycles. The summed E-state index contributed by atoms with van der Waals surface area (Å²) in [5, 5.41) is 1.15. The van der Waals surface area contributed by atoms with Crippen molar-refractivity contribution in [2.75, 3.05) is 13.6 Å². The average Bonchev–Trinajstić information content (AvgIpc) is 3.25. The number of likely N-dealkylation sites (N-methyl/N-ethyl adjacent to an activating group) is 1. The molecule has 4 nitrogen and oxygen atoms in total. The van der Waals surface area contributed by atoms with Gasteiger partial charge in [0.15, 0.2) is 0 Å². The van der Waals surface area contributed by atoms with E-state index in [0.717, 1.165) is 35.3 Å². The number of hydrogen-bond donors (Lipinski definition) is 2. The van der Waals surface area contributed by atoms with E-state index in [-0.39, 0.29) is 18.3 Å². The number of H-pyrrole nitrogens is 1. The van der Waals surface area contributed by atoms with Gasteiger partial charge < -0.3 is 15.6 Å². The Kier molecular flexibility index (Phi) is 5.48. The van der Waals surface area contributed by atoms with Crippen LogP contribution in [0.15, 0.2) is 30.5 Å². The minimum absolute atomic E-state index is 0. The van der Waals surface area contributed by atoms with E-state index in [0.29, 0.717) is 6.42 Å². The summed E-state index contributed by atoms with van der Waals surface area (Å²) in [6, 6.07) is 7.64. The van der Waals surface area contributed by atoms with Gasteiger partial charge >= 0.3 is 0 Å². The first-order valence-corrected chi connectivity index (χ1v) is 7.70. The molecule has 1 aliphatic rings. The van der Waals surface area contributed by atoms with Crippen molar-refractivity contribution in [2.24, 2.45) is 11.7 Å². The first-order valence-electron chi connectivity index (χ1n) is 7.70. The summed E-state index contributed by atoms with van der Waals surface area (Å²) in [7, 11) is 1.86. The Balaban J connectivity index is 0.00000176. The number of fused-ring (bicyclic) bond motifs is 1. The van der Waals surface area contributed by atoms with E-state index in [1.807, 2.05) is 31.4 Å². The largest absolute Gasteiger partial charge is 0.361 e. The van der Waals surface area contributed by atoms with Crippen LogP contribution in [-0.2, 0) is 11.2 Å². The number of benzene rings is 1. The SMILES string of the molecule is CN(CCC1CC1)C(=O)[C@@H](N)Cc1c[nH]c2ccccc12.Cl. The molecule has 0 unspecified atom stereocenters. The highest BCUT2D eigenvalue weighted by Gasteiger charge is 2.24. The fourth-order valence-corrected chi connectivity index (χ4v) is 2.80. The smallest absolute Gasteiger partial charge is 0.239 e. The van der Waals surface area contributed by atoms with Crippen LogP contribution in [-0.4, -0.2) is 35.4 Å². The van der Waals surface area contributed by atoms with Gasteiger partial charge in [-0.05, 0) is 30.4 Å². The molecule has 3 rings (SSSR count). The van der Waals surface area contributed by atoms with E-state index in [4.69, 9.17) is 5.73 Å². The van der Waals surface area contributed by atoms with Crippen LogP contribution >= 0.6 is 12.4 Å². The maximum atomic E-state index is 12.3. The molecule has 0 saturated heterocycles. The first kappa shape index (κ1) is 16.8. The van der Waals surface area contributed by atoms with E-state index < -0.39 is 6.04 Å². The molecule has 0 bridgehead atoms. The quantitative estimate of drug-likeness (QED) is 0.859. The third-order valence-corrected chi connectivity index (χ3v) is 4.38. The van der Waals surface area contributed by atoms with Crippen LogP contribution < -0.4 is 5.73 Å². The minimum atomic E-state index is -0.464. The van der Waals surface area contributed by atoms with E-state index in [1.54, 1.807) is 4.90 Å². The highest BCUT2D eigenvalue weighted by Crippen LogP contribution is 2.32.